The molecule has 3 nitrogen and oxygen atoms in total. The lowest BCUT2D eigenvalue weighted by molar-refractivity contribution is -0.119. The Labute approximate surface area is 141 Å². The van der Waals surface area contributed by atoms with Gasteiger partial charge in [0, 0.05) is 22.7 Å². The second-order valence-electron chi connectivity index (χ2n) is 6.30. The maximum Gasteiger partial charge on any atom is 0.227 e. The molecule has 120 valence electrons. The van der Waals surface area contributed by atoms with E-state index in [1.54, 1.807) is 0 Å². The maximum absolute atomic E-state index is 12.3. The molecule has 2 aromatic rings. The van der Waals surface area contributed by atoms with Gasteiger partial charge in [0.25, 0.3) is 0 Å². The topological polar surface area (TPSA) is 55.1 Å². The first-order chi connectivity index (χ1) is 11.0. The van der Waals surface area contributed by atoms with Crippen molar-refractivity contribution < 1.29 is 4.79 Å². The van der Waals surface area contributed by atoms with Gasteiger partial charge in [0.2, 0.25) is 5.91 Å². The Bertz CT molecular complexity index is 729. The Morgan fingerprint density at radius 1 is 1.17 bits per heavy atom. The minimum Gasteiger partial charge on any atom is -0.328 e. The number of benzene rings is 2. The zero-order valence-corrected chi connectivity index (χ0v) is 13.9. The molecule has 2 unspecified atom stereocenters. The highest BCUT2D eigenvalue weighted by atomic mass is 35.5. The molecule has 0 heterocycles. The first-order valence-electron chi connectivity index (χ1n) is 7.96. The summed E-state index contributed by atoms with van der Waals surface area (Å²) in [6.45, 7) is 2.00. The average Bonchev–Trinajstić information content (AvgIpc) is 2.96. The predicted octanol–water partition coefficient (Wildman–Crippen LogP) is 4.38. The number of nitrogens with one attached hydrogen (secondary N) is 1. The minimum atomic E-state index is 0.0389. The number of amides is 1. The highest BCUT2D eigenvalue weighted by Gasteiger charge is 2.27. The number of hydrogen-bond acceptors (Lipinski definition) is 2. The number of carbonyl (C=O) groups is 1. The van der Waals surface area contributed by atoms with Crippen molar-refractivity contribution >= 4 is 23.2 Å². The Hall–Kier alpha value is -1.84. The summed E-state index contributed by atoms with van der Waals surface area (Å²) < 4.78 is 0. The van der Waals surface area contributed by atoms with Crippen molar-refractivity contribution in [3.05, 3.63) is 53.1 Å². The van der Waals surface area contributed by atoms with Gasteiger partial charge in [0.15, 0.2) is 0 Å². The largest absolute Gasteiger partial charge is 0.328 e. The molecule has 1 aliphatic rings. The highest BCUT2D eigenvalue weighted by Crippen LogP contribution is 2.29. The van der Waals surface area contributed by atoms with Crippen molar-refractivity contribution in [3.63, 3.8) is 0 Å². The fraction of sp³-hybridized carbons (Fsp3) is 0.316. The van der Waals surface area contributed by atoms with Crippen LogP contribution in [0.15, 0.2) is 42.5 Å². The Balaban J connectivity index is 1.76. The van der Waals surface area contributed by atoms with Crippen LogP contribution in [0.1, 0.15) is 24.8 Å². The summed E-state index contributed by atoms with van der Waals surface area (Å²) in [5.74, 6) is 0.119. The number of nitrogens with two attached hydrogens (primary N) is 1. The monoisotopic (exact) mass is 328 g/mol. The van der Waals surface area contributed by atoms with Gasteiger partial charge in [-0.2, -0.15) is 0 Å². The molecular weight excluding hydrogens is 308 g/mol. The van der Waals surface area contributed by atoms with Gasteiger partial charge in [0.05, 0.1) is 0 Å². The molecule has 23 heavy (non-hydrogen) atoms. The van der Waals surface area contributed by atoms with E-state index in [0.29, 0.717) is 0 Å². The molecule has 0 aromatic heterocycles. The van der Waals surface area contributed by atoms with Gasteiger partial charge >= 0.3 is 0 Å². The molecule has 1 aliphatic carbocycles. The van der Waals surface area contributed by atoms with Gasteiger partial charge in [-0.25, -0.2) is 0 Å². The molecule has 0 radical (unpaired) electrons. The van der Waals surface area contributed by atoms with Crippen molar-refractivity contribution in [2.45, 2.75) is 32.2 Å². The summed E-state index contributed by atoms with van der Waals surface area (Å²) in [5.41, 5.74) is 9.95. The van der Waals surface area contributed by atoms with Crippen molar-refractivity contribution in [3.8, 4) is 11.1 Å². The van der Waals surface area contributed by atoms with E-state index in [-0.39, 0.29) is 17.9 Å². The number of carbonyl (C=O) groups excluding carboxylic acids is 1. The second-order valence-corrected chi connectivity index (χ2v) is 6.74. The molecule has 1 amide bonds. The second kappa shape index (κ2) is 6.73. The molecule has 0 bridgehead atoms. The molecule has 0 saturated heterocycles. The van der Waals surface area contributed by atoms with Gasteiger partial charge in [-0.1, -0.05) is 29.8 Å². The lowest BCUT2D eigenvalue weighted by Crippen LogP contribution is -2.23. The van der Waals surface area contributed by atoms with Crippen LogP contribution in [0, 0.1) is 12.8 Å². The van der Waals surface area contributed by atoms with Crippen LogP contribution >= 0.6 is 11.6 Å². The fourth-order valence-corrected chi connectivity index (χ4v) is 3.33. The lowest BCUT2D eigenvalue weighted by atomic mass is 10.0. The van der Waals surface area contributed by atoms with Crippen molar-refractivity contribution in [1.82, 2.24) is 0 Å². The van der Waals surface area contributed by atoms with Gasteiger partial charge in [0.1, 0.15) is 0 Å². The third-order valence-corrected chi connectivity index (χ3v) is 4.72. The van der Waals surface area contributed by atoms with Crippen LogP contribution in [0.2, 0.25) is 5.02 Å². The van der Waals surface area contributed by atoms with Crippen LogP contribution in [0.4, 0.5) is 5.69 Å². The SMILES string of the molecule is Cc1cc(-c2cccc(Cl)c2)ccc1NC(=O)C1CCC(N)C1. The Morgan fingerprint density at radius 3 is 2.61 bits per heavy atom. The maximum atomic E-state index is 12.3. The molecule has 3 rings (SSSR count). The van der Waals surface area contributed by atoms with Gasteiger partial charge in [-0.15, -0.1) is 0 Å². The lowest BCUT2D eigenvalue weighted by Gasteiger charge is -2.14. The molecule has 1 fully saturated rings. The van der Waals surface area contributed by atoms with Gasteiger partial charge in [-0.3, -0.25) is 4.79 Å². The molecule has 2 atom stereocenters. The van der Waals surface area contributed by atoms with Crippen molar-refractivity contribution in [1.29, 1.82) is 0 Å². The van der Waals surface area contributed by atoms with Crippen molar-refractivity contribution in [2.24, 2.45) is 11.7 Å². The highest BCUT2D eigenvalue weighted by molar-refractivity contribution is 6.30. The number of hydrogen-bond donors (Lipinski definition) is 2. The number of rotatable bonds is 3. The first kappa shape index (κ1) is 16.0. The minimum absolute atomic E-state index is 0.0389. The van der Waals surface area contributed by atoms with Crippen LogP contribution in [-0.2, 0) is 4.79 Å². The molecule has 3 N–H and O–H groups in total. The van der Waals surface area contributed by atoms with Crippen LogP contribution in [-0.4, -0.2) is 11.9 Å². The van der Waals surface area contributed by atoms with E-state index in [2.05, 4.69) is 11.4 Å². The van der Waals surface area contributed by atoms with E-state index in [1.807, 2.05) is 43.3 Å². The van der Waals surface area contributed by atoms with E-state index in [1.165, 1.54) is 0 Å². The summed E-state index contributed by atoms with van der Waals surface area (Å²) >= 11 is 6.05. The Kier molecular flexibility index (Phi) is 4.69. The van der Waals surface area contributed by atoms with Crippen LogP contribution < -0.4 is 11.1 Å². The smallest absolute Gasteiger partial charge is 0.227 e. The summed E-state index contributed by atoms with van der Waals surface area (Å²) in [4.78, 5) is 12.3. The molecule has 4 heteroatoms. The predicted molar refractivity (Wildman–Crippen MR) is 95.6 cm³/mol. The van der Waals surface area contributed by atoms with Gasteiger partial charge < -0.3 is 11.1 Å². The number of anilines is 1. The average molecular weight is 329 g/mol. The quantitative estimate of drug-likeness (QED) is 0.878. The molecular formula is C19H21ClN2O. The normalized spacial score (nSPS) is 20.5. The third kappa shape index (κ3) is 3.74. The van der Waals surface area contributed by atoms with Crippen LogP contribution in [0.5, 0.6) is 0 Å². The Morgan fingerprint density at radius 2 is 1.96 bits per heavy atom. The van der Waals surface area contributed by atoms with Gasteiger partial charge in [-0.05, 0) is 67.1 Å². The number of aryl methyl sites for hydroxylation is 1. The molecule has 1 saturated carbocycles. The van der Waals surface area contributed by atoms with Crippen LogP contribution in [0.25, 0.3) is 11.1 Å². The van der Waals surface area contributed by atoms with E-state index in [0.717, 1.165) is 46.7 Å². The zero-order valence-electron chi connectivity index (χ0n) is 13.2. The molecule has 0 spiro atoms. The van der Waals surface area contributed by atoms with E-state index in [9.17, 15) is 4.79 Å². The fourth-order valence-electron chi connectivity index (χ4n) is 3.14. The first-order valence-corrected chi connectivity index (χ1v) is 8.34. The van der Waals surface area contributed by atoms with Crippen molar-refractivity contribution in [2.75, 3.05) is 5.32 Å². The summed E-state index contributed by atoms with van der Waals surface area (Å²) in [7, 11) is 0. The summed E-state index contributed by atoms with van der Waals surface area (Å²) in [6, 6.07) is 14.0. The van der Waals surface area contributed by atoms with E-state index < -0.39 is 0 Å². The summed E-state index contributed by atoms with van der Waals surface area (Å²) in [6.07, 6.45) is 2.60. The zero-order chi connectivity index (χ0) is 16.4. The summed E-state index contributed by atoms with van der Waals surface area (Å²) in [5, 5.41) is 3.76. The third-order valence-electron chi connectivity index (χ3n) is 4.49. The van der Waals surface area contributed by atoms with Crippen LogP contribution in [0.3, 0.4) is 0 Å². The standard InChI is InChI=1S/C19H21ClN2O/c1-12-9-14(13-3-2-4-16(20)10-13)6-8-18(12)22-19(23)15-5-7-17(21)11-15/h2-4,6,8-10,15,17H,5,7,11,21H2,1H3,(H,22,23). The molecule has 0 aliphatic heterocycles. The van der Waals surface area contributed by atoms with E-state index in [4.69, 9.17) is 17.3 Å². The van der Waals surface area contributed by atoms with E-state index >= 15 is 0 Å². The number of halogens is 1. The molecule has 2 aromatic carbocycles.